The SMILES string of the molecule is CC(C)NC(=O)c1c[nH]c2ncc(Oc3ccc4c(c3)C(NC(=O)C(C)(C)C)CC4)nc12. The molecule has 0 saturated carbocycles. The highest BCUT2D eigenvalue weighted by atomic mass is 16.5. The summed E-state index contributed by atoms with van der Waals surface area (Å²) in [6.07, 6.45) is 4.90. The summed E-state index contributed by atoms with van der Waals surface area (Å²) in [6, 6.07) is 5.84. The molecular weight excluding hydrogens is 406 g/mol. The highest BCUT2D eigenvalue weighted by molar-refractivity contribution is 6.04. The maximum atomic E-state index is 12.5. The molecule has 2 aromatic heterocycles. The lowest BCUT2D eigenvalue weighted by Gasteiger charge is -2.22. The number of amides is 2. The van der Waals surface area contributed by atoms with Crippen LogP contribution in [0.5, 0.6) is 11.6 Å². The predicted octanol–water partition coefficient (Wildman–Crippen LogP) is 4.04. The van der Waals surface area contributed by atoms with E-state index in [4.69, 9.17) is 4.74 Å². The lowest BCUT2D eigenvalue weighted by Crippen LogP contribution is -2.36. The Bertz CT molecular complexity index is 1180. The van der Waals surface area contributed by atoms with Gasteiger partial charge in [-0.3, -0.25) is 9.59 Å². The van der Waals surface area contributed by atoms with E-state index in [-0.39, 0.29) is 23.9 Å². The van der Waals surface area contributed by atoms with E-state index in [0.29, 0.717) is 28.4 Å². The van der Waals surface area contributed by atoms with Gasteiger partial charge in [0, 0.05) is 17.7 Å². The van der Waals surface area contributed by atoms with Crippen molar-refractivity contribution in [3.05, 3.63) is 47.3 Å². The molecular formula is C24H29N5O3. The van der Waals surface area contributed by atoms with Gasteiger partial charge in [0.05, 0.1) is 17.8 Å². The Morgan fingerprint density at radius 1 is 1.25 bits per heavy atom. The first-order chi connectivity index (χ1) is 15.1. The lowest BCUT2D eigenvalue weighted by atomic mass is 9.94. The Hall–Kier alpha value is -3.42. The van der Waals surface area contributed by atoms with E-state index in [9.17, 15) is 9.59 Å². The molecule has 0 bridgehead atoms. The molecule has 1 unspecified atom stereocenters. The number of hydrogen-bond acceptors (Lipinski definition) is 5. The first-order valence-electron chi connectivity index (χ1n) is 10.9. The summed E-state index contributed by atoms with van der Waals surface area (Å²) in [6.45, 7) is 9.52. The van der Waals surface area contributed by atoms with Gasteiger partial charge in [-0.25, -0.2) is 9.97 Å². The maximum Gasteiger partial charge on any atom is 0.255 e. The number of aryl methyl sites for hydroxylation is 1. The molecule has 0 spiro atoms. The summed E-state index contributed by atoms with van der Waals surface area (Å²) < 4.78 is 5.99. The molecule has 2 heterocycles. The van der Waals surface area contributed by atoms with Crippen LogP contribution < -0.4 is 15.4 Å². The number of H-pyrrole nitrogens is 1. The number of nitrogens with one attached hydrogen (secondary N) is 3. The van der Waals surface area contributed by atoms with Gasteiger partial charge in [0.2, 0.25) is 11.8 Å². The van der Waals surface area contributed by atoms with E-state index in [1.165, 1.54) is 11.8 Å². The van der Waals surface area contributed by atoms with Crippen molar-refractivity contribution in [2.75, 3.05) is 0 Å². The second-order valence-electron chi connectivity index (χ2n) is 9.51. The van der Waals surface area contributed by atoms with Crippen molar-refractivity contribution in [3.63, 3.8) is 0 Å². The van der Waals surface area contributed by atoms with Gasteiger partial charge in [-0.1, -0.05) is 26.8 Å². The predicted molar refractivity (Wildman–Crippen MR) is 122 cm³/mol. The van der Waals surface area contributed by atoms with Gasteiger partial charge >= 0.3 is 0 Å². The van der Waals surface area contributed by atoms with Crippen molar-refractivity contribution in [1.82, 2.24) is 25.6 Å². The fraction of sp³-hybridized carbons (Fsp3) is 0.417. The normalized spacial score (nSPS) is 15.6. The van der Waals surface area contributed by atoms with Gasteiger partial charge in [0.15, 0.2) is 5.65 Å². The minimum absolute atomic E-state index is 0.0120. The molecule has 0 radical (unpaired) electrons. The topological polar surface area (TPSA) is 109 Å². The smallest absolute Gasteiger partial charge is 0.255 e. The minimum Gasteiger partial charge on any atom is -0.437 e. The summed E-state index contributed by atoms with van der Waals surface area (Å²) in [5.41, 5.74) is 3.22. The van der Waals surface area contributed by atoms with E-state index in [1.807, 2.05) is 52.8 Å². The van der Waals surface area contributed by atoms with Gasteiger partial charge in [0.25, 0.3) is 5.91 Å². The van der Waals surface area contributed by atoms with Crippen LogP contribution in [0.1, 0.15) is 68.6 Å². The number of fused-ring (bicyclic) bond motifs is 2. The van der Waals surface area contributed by atoms with Crippen LogP contribution in [0.25, 0.3) is 11.2 Å². The van der Waals surface area contributed by atoms with Crippen molar-refractivity contribution in [1.29, 1.82) is 0 Å². The third kappa shape index (κ3) is 4.44. The van der Waals surface area contributed by atoms with Crippen LogP contribution in [-0.2, 0) is 11.2 Å². The summed E-state index contributed by atoms with van der Waals surface area (Å²) in [7, 11) is 0. The Morgan fingerprint density at radius 2 is 2.03 bits per heavy atom. The fourth-order valence-corrected chi connectivity index (χ4v) is 3.73. The number of benzene rings is 1. The number of carbonyl (C=O) groups is 2. The molecule has 4 rings (SSSR count). The van der Waals surface area contributed by atoms with Crippen LogP contribution in [-0.4, -0.2) is 32.8 Å². The molecule has 2 amide bonds. The van der Waals surface area contributed by atoms with E-state index < -0.39 is 5.41 Å². The molecule has 1 atom stereocenters. The molecule has 0 fully saturated rings. The number of rotatable bonds is 5. The van der Waals surface area contributed by atoms with Crippen LogP contribution in [0.3, 0.4) is 0 Å². The van der Waals surface area contributed by atoms with Crippen LogP contribution in [0.15, 0.2) is 30.6 Å². The molecule has 168 valence electrons. The molecule has 1 aromatic carbocycles. The second-order valence-corrected chi connectivity index (χ2v) is 9.51. The number of carbonyl (C=O) groups excluding carboxylic acids is 2. The fourth-order valence-electron chi connectivity index (χ4n) is 3.73. The standard InChI is InChI=1S/C24H29N5O3/c1-13(2)27-22(30)17-11-25-21-20(17)29-19(12-26-21)32-15-8-6-14-7-9-18(16(14)10-15)28-23(31)24(3,4)5/h6,8,10-13,18H,7,9H2,1-5H3,(H,25,26)(H,27,30)(H,28,31). The number of aromatic amines is 1. The van der Waals surface area contributed by atoms with Gasteiger partial charge in [-0.2, -0.15) is 0 Å². The number of ether oxygens (including phenoxy) is 1. The molecule has 32 heavy (non-hydrogen) atoms. The third-order valence-corrected chi connectivity index (χ3v) is 5.43. The Balaban J connectivity index is 1.57. The summed E-state index contributed by atoms with van der Waals surface area (Å²) in [4.78, 5) is 36.7. The second kappa shape index (κ2) is 8.26. The molecule has 1 aliphatic carbocycles. The largest absolute Gasteiger partial charge is 0.437 e. The van der Waals surface area contributed by atoms with E-state index in [0.717, 1.165) is 18.4 Å². The summed E-state index contributed by atoms with van der Waals surface area (Å²) >= 11 is 0. The van der Waals surface area contributed by atoms with E-state index in [2.05, 4.69) is 25.6 Å². The molecule has 8 heteroatoms. The first-order valence-corrected chi connectivity index (χ1v) is 10.9. The van der Waals surface area contributed by atoms with Crippen LogP contribution in [0, 0.1) is 5.41 Å². The van der Waals surface area contributed by atoms with Crippen molar-refractivity contribution in [3.8, 4) is 11.6 Å². The number of aromatic nitrogens is 3. The van der Waals surface area contributed by atoms with Gasteiger partial charge in [-0.05, 0) is 49.9 Å². The average Bonchev–Trinajstić information content (AvgIpc) is 3.30. The van der Waals surface area contributed by atoms with E-state index in [1.54, 1.807) is 6.20 Å². The monoisotopic (exact) mass is 435 g/mol. The minimum atomic E-state index is -0.446. The van der Waals surface area contributed by atoms with Crippen LogP contribution >= 0.6 is 0 Å². The summed E-state index contributed by atoms with van der Waals surface area (Å²) in [5.74, 6) is 0.715. The Morgan fingerprint density at radius 3 is 2.75 bits per heavy atom. The summed E-state index contributed by atoms with van der Waals surface area (Å²) in [5, 5.41) is 6.01. The first kappa shape index (κ1) is 21.8. The molecule has 3 aromatic rings. The highest BCUT2D eigenvalue weighted by Gasteiger charge is 2.29. The lowest BCUT2D eigenvalue weighted by molar-refractivity contribution is -0.129. The number of nitrogens with zero attached hydrogens (tertiary/aromatic N) is 2. The average molecular weight is 436 g/mol. The van der Waals surface area contributed by atoms with Gasteiger partial charge in [0.1, 0.15) is 11.3 Å². The zero-order valence-corrected chi connectivity index (χ0v) is 19.1. The molecule has 1 aliphatic rings. The van der Waals surface area contributed by atoms with Gasteiger partial charge < -0.3 is 20.4 Å². The van der Waals surface area contributed by atoms with Crippen LogP contribution in [0.2, 0.25) is 0 Å². The molecule has 0 aliphatic heterocycles. The van der Waals surface area contributed by atoms with Crippen LogP contribution in [0.4, 0.5) is 0 Å². The zero-order chi connectivity index (χ0) is 23.0. The van der Waals surface area contributed by atoms with Gasteiger partial charge in [-0.15, -0.1) is 0 Å². The zero-order valence-electron chi connectivity index (χ0n) is 19.1. The molecule has 8 nitrogen and oxygen atoms in total. The third-order valence-electron chi connectivity index (χ3n) is 5.43. The Labute approximate surface area is 187 Å². The number of hydrogen-bond donors (Lipinski definition) is 3. The van der Waals surface area contributed by atoms with Crippen molar-refractivity contribution < 1.29 is 14.3 Å². The van der Waals surface area contributed by atoms with Crippen molar-refractivity contribution in [2.24, 2.45) is 5.41 Å². The molecule has 0 saturated heterocycles. The highest BCUT2D eigenvalue weighted by Crippen LogP contribution is 2.35. The Kier molecular flexibility index (Phi) is 5.62. The quantitative estimate of drug-likeness (QED) is 0.560. The van der Waals surface area contributed by atoms with E-state index >= 15 is 0 Å². The molecule has 3 N–H and O–H groups in total. The van der Waals surface area contributed by atoms with Crippen molar-refractivity contribution >= 4 is 23.0 Å². The maximum absolute atomic E-state index is 12.5. The van der Waals surface area contributed by atoms with Crippen molar-refractivity contribution in [2.45, 2.75) is 59.5 Å².